The normalized spacial score (nSPS) is 16.5. The molecule has 1 aliphatic heterocycles. The maximum absolute atomic E-state index is 11.0. The van der Waals surface area contributed by atoms with E-state index in [9.17, 15) is 4.79 Å². The number of anilines is 1. The Morgan fingerprint density at radius 3 is 2.21 bits per heavy atom. The molecule has 1 aromatic carbocycles. The number of hydrogen-bond acceptors (Lipinski definition) is 2. The number of primary amides is 1. The lowest BCUT2D eigenvalue weighted by atomic mass is 10.0. The number of nitrogens with two attached hydrogens (primary N) is 1. The lowest BCUT2D eigenvalue weighted by Gasteiger charge is -2.32. The summed E-state index contributed by atoms with van der Waals surface area (Å²) in [5, 5.41) is 4.80. The molecule has 1 aromatic rings. The number of rotatable bonds is 2. The molecule has 0 radical (unpaired) electrons. The Bertz CT molecular complexity index is 464. The molecule has 0 aromatic heterocycles. The fraction of sp³-hybridized carbons (Fsp3) is 0.417. The van der Waals surface area contributed by atoms with Gasteiger partial charge < -0.3 is 16.0 Å². The number of piperidine rings is 1. The molecule has 7 heteroatoms. The van der Waals surface area contributed by atoms with Crippen molar-refractivity contribution in [2.75, 3.05) is 18.4 Å². The molecule has 3 N–H and O–H groups in total. The topological polar surface area (TPSA) is 58.4 Å². The molecule has 1 fully saturated rings. The fourth-order valence-corrected chi connectivity index (χ4v) is 3.05. The number of nitrogens with one attached hydrogen (secondary N) is 1. The van der Waals surface area contributed by atoms with Gasteiger partial charge in [-0.15, -0.1) is 0 Å². The average molecular weight is 323 g/mol. The predicted molar refractivity (Wildman–Crippen MR) is 79.3 cm³/mol. The summed E-state index contributed by atoms with van der Waals surface area (Å²) in [7, 11) is 0. The van der Waals surface area contributed by atoms with Crippen molar-refractivity contribution in [3.63, 3.8) is 0 Å². The van der Waals surface area contributed by atoms with E-state index in [1.54, 1.807) is 17.0 Å². The first kappa shape index (κ1) is 14.6. The van der Waals surface area contributed by atoms with E-state index in [0.717, 1.165) is 12.8 Å². The zero-order valence-corrected chi connectivity index (χ0v) is 12.4. The van der Waals surface area contributed by atoms with Crippen LogP contribution in [0.5, 0.6) is 0 Å². The van der Waals surface area contributed by atoms with Crippen LogP contribution in [0.25, 0.3) is 0 Å². The van der Waals surface area contributed by atoms with Gasteiger partial charge in [-0.1, -0.05) is 34.8 Å². The minimum Gasteiger partial charge on any atom is -0.380 e. The number of halogens is 3. The van der Waals surface area contributed by atoms with Crippen LogP contribution < -0.4 is 11.1 Å². The smallest absolute Gasteiger partial charge is 0.314 e. The molecule has 0 saturated carbocycles. The minimum absolute atomic E-state index is 0.215. The van der Waals surface area contributed by atoms with E-state index in [1.807, 2.05) is 0 Å². The Kier molecular flexibility index (Phi) is 4.66. The van der Waals surface area contributed by atoms with Crippen LogP contribution in [0.3, 0.4) is 0 Å². The molecular weight excluding hydrogens is 309 g/mol. The van der Waals surface area contributed by atoms with Gasteiger partial charge in [-0.05, 0) is 25.0 Å². The summed E-state index contributed by atoms with van der Waals surface area (Å²) >= 11 is 18.1. The molecule has 1 saturated heterocycles. The summed E-state index contributed by atoms with van der Waals surface area (Å²) in [4.78, 5) is 12.7. The molecule has 2 amide bonds. The van der Waals surface area contributed by atoms with Crippen molar-refractivity contribution in [1.82, 2.24) is 4.90 Å². The maximum Gasteiger partial charge on any atom is 0.314 e. The summed E-state index contributed by atoms with van der Waals surface area (Å²) in [5.74, 6) is 0. The van der Waals surface area contributed by atoms with Gasteiger partial charge >= 0.3 is 6.03 Å². The van der Waals surface area contributed by atoms with Gasteiger partial charge in [0, 0.05) is 24.2 Å². The van der Waals surface area contributed by atoms with E-state index in [2.05, 4.69) is 5.32 Å². The largest absolute Gasteiger partial charge is 0.380 e. The quantitative estimate of drug-likeness (QED) is 0.874. The molecule has 104 valence electrons. The van der Waals surface area contributed by atoms with Gasteiger partial charge in [0.15, 0.2) is 0 Å². The summed E-state index contributed by atoms with van der Waals surface area (Å²) in [6, 6.07) is 3.14. The Balaban J connectivity index is 2.02. The number of nitrogens with zero attached hydrogens (tertiary/aromatic N) is 1. The third-order valence-corrected chi connectivity index (χ3v) is 3.98. The molecular formula is C12H14Cl3N3O. The third kappa shape index (κ3) is 3.59. The number of likely N-dealkylation sites (tertiary alicyclic amines) is 1. The predicted octanol–water partition coefficient (Wildman–Crippen LogP) is 3.60. The highest BCUT2D eigenvalue weighted by Crippen LogP contribution is 2.34. The molecule has 0 atom stereocenters. The van der Waals surface area contributed by atoms with Crippen LogP contribution in [-0.4, -0.2) is 30.1 Å². The van der Waals surface area contributed by atoms with E-state index >= 15 is 0 Å². The summed E-state index contributed by atoms with van der Waals surface area (Å²) in [6.07, 6.45) is 1.61. The second-order valence-electron chi connectivity index (χ2n) is 4.49. The van der Waals surface area contributed by atoms with Gasteiger partial charge in [0.05, 0.1) is 15.7 Å². The molecule has 0 aliphatic carbocycles. The van der Waals surface area contributed by atoms with Crippen LogP contribution in [-0.2, 0) is 0 Å². The second kappa shape index (κ2) is 6.07. The highest BCUT2D eigenvalue weighted by molar-refractivity contribution is 6.41. The minimum atomic E-state index is -0.374. The summed E-state index contributed by atoms with van der Waals surface area (Å²) in [5.41, 5.74) is 5.93. The van der Waals surface area contributed by atoms with Crippen LogP contribution in [0.2, 0.25) is 15.1 Å². The standard InChI is InChI=1S/C12H14Cl3N3O/c13-7-5-9(14)11(10(15)6-7)17-8-1-3-18(4-2-8)12(16)19/h5-6,8,17H,1-4H2,(H2,16,19). The van der Waals surface area contributed by atoms with Crippen LogP contribution in [0, 0.1) is 0 Å². The Hall–Kier alpha value is -0.840. The van der Waals surface area contributed by atoms with E-state index in [1.165, 1.54) is 0 Å². The molecule has 0 bridgehead atoms. The van der Waals surface area contributed by atoms with Gasteiger partial charge in [-0.25, -0.2) is 4.79 Å². The molecule has 1 heterocycles. The number of carbonyl (C=O) groups is 1. The number of amides is 2. The Morgan fingerprint density at radius 1 is 1.21 bits per heavy atom. The van der Waals surface area contributed by atoms with Crippen molar-refractivity contribution in [3.8, 4) is 0 Å². The maximum atomic E-state index is 11.0. The van der Waals surface area contributed by atoms with Gasteiger partial charge in [0.25, 0.3) is 0 Å². The second-order valence-corrected chi connectivity index (χ2v) is 5.74. The molecule has 0 unspecified atom stereocenters. The van der Waals surface area contributed by atoms with Crippen molar-refractivity contribution in [2.45, 2.75) is 18.9 Å². The molecule has 2 rings (SSSR count). The van der Waals surface area contributed by atoms with Crippen molar-refractivity contribution in [2.24, 2.45) is 5.73 Å². The van der Waals surface area contributed by atoms with Gasteiger partial charge in [-0.3, -0.25) is 0 Å². The lowest BCUT2D eigenvalue weighted by Crippen LogP contribution is -2.44. The first-order chi connectivity index (χ1) is 8.97. The van der Waals surface area contributed by atoms with Gasteiger partial charge in [-0.2, -0.15) is 0 Å². The van der Waals surface area contributed by atoms with Gasteiger partial charge in [0.1, 0.15) is 0 Å². The molecule has 1 aliphatic rings. The van der Waals surface area contributed by atoms with Crippen LogP contribution >= 0.6 is 34.8 Å². The van der Waals surface area contributed by atoms with Crippen LogP contribution in [0.1, 0.15) is 12.8 Å². The summed E-state index contributed by atoms with van der Waals surface area (Å²) in [6.45, 7) is 1.27. The van der Waals surface area contributed by atoms with Crippen molar-refractivity contribution >= 4 is 46.5 Å². The summed E-state index contributed by atoms with van der Waals surface area (Å²) < 4.78 is 0. The first-order valence-corrected chi connectivity index (χ1v) is 7.06. The van der Waals surface area contributed by atoms with Crippen molar-refractivity contribution in [1.29, 1.82) is 0 Å². The lowest BCUT2D eigenvalue weighted by molar-refractivity contribution is 0.193. The van der Waals surface area contributed by atoms with E-state index < -0.39 is 0 Å². The molecule has 4 nitrogen and oxygen atoms in total. The van der Waals surface area contributed by atoms with Crippen LogP contribution in [0.15, 0.2) is 12.1 Å². The highest BCUT2D eigenvalue weighted by atomic mass is 35.5. The number of carbonyl (C=O) groups excluding carboxylic acids is 1. The number of benzene rings is 1. The SMILES string of the molecule is NC(=O)N1CCC(Nc2c(Cl)cc(Cl)cc2Cl)CC1. The van der Waals surface area contributed by atoms with Crippen molar-refractivity contribution in [3.05, 3.63) is 27.2 Å². The zero-order chi connectivity index (χ0) is 14.0. The number of urea groups is 1. The third-order valence-electron chi connectivity index (χ3n) is 3.16. The molecule has 0 spiro atoms. The number of hydrogen-bond donors (Lipinski definition) is 2. The van der Waals surface area contributed by atoms with Crippen molar-refractivity contribution < 1.29 is 4.79 Å². The van der Waals surface area contributed by atoms with Crippen LogP contribution in [0.4, 0.5) is 10.5 Å². The fourth-order valence-electron chi connectivity index (χ4n) is 2.13. The Labute approximate surface area is 126 Å². The average Bonchev–Trinajstić information content (AvgIpc) is 2.34. The van der Waals surface area contributed by atoms with E-state index in [-0.39, 0.29) is 12.1 Å². The van der Waals surface area contributed by atoms with E-state index in [0.29, 0.717) is 33.8 Å². The highest BCUT2D eigenvalue weighted by Gasteiger charge is 2.22. The van der Waals surface area contributed by atoms with Gasteiger partial charge in [0.2, 0.25) is 0 Å². The van der Waals surface area contributed by atoms with E-state index in [4.69, 9.17) is 40.5 Å². The monoisotopic (exact) mass is 321 g/mol. The Morgan fingerprint density at radius 2 is 1.74 bits per heavy atom. The molecule has 19 heavy (non-hydrogen) atoms. The first-order valence-electron chi connectivity index (χ1n) is 5.93. The zero-order valence-electron chi connectivity index (χ0n) is 10.1.